The van der Waals surface area contributed by atoms with Gasteiger partial charge in [-0.25, -0.2) is 0 Å². The van der Waals surface area contributed by atoms with Crippen LogP contribution in [0, 0.1) is 0 Å². The maximum atomic E-state index is 13.0. The van der Waals surface area contributed by atoms with Crippen LogP contribution in [0.3, 0.4) is 0 Å². The van der Waals surface area contributed by atoms with Gasteiger partial charge in [-0.2, -0.15) is 0 Å². The second-order valence-electron chi connectivity index (χ2n) is 16.5. The minimum atomic E-state index is -1.58. The van der Waals surface area contributed by atoms with E-state index in [9.17, 15) is 30.3 Å². The van der Waals surface area contributed by atoms with Crippen LogP contribution < -0.4 is 5.32 Å². The summed E-state index contributed by atoms with van der Waals surface area (Å²) in [5.41, 5.74) is 0. The van der Waals surface area contributed by atoms with Crippen molar-refractivity contribution in [2.24, 2.45) is 0 Å². The van der Waals surface area contributed by atoms with Gasteiger partial charge in [-0.15, -0.1) is 0 Å². The Hall–Kier alpha value is -2.63. The van der Waals surface area contributed by atoms with Crippen molar-refractivity contribution < 1.29 is 39.8 Å². The van der Waals surface area contributed by atoms with Crippen molar-refractivity contribution >= 4 is 5.91 Å². The molecule has 0 aromatic heterocycles. The Morgan fingerprint density at radius 2 is 1.02 bits per heavy atom. The fourth-order valence-corrected chi connectivity index (χ4v) is 7.10. The van der Waals surface area contributed by atoms with Crippen molar-refractivity contribution in [2.75, 3.05) is 13.2 Å². The summed E-state index contributed by atoms with van der Waals surface area (Å²) in [5.74, 6) is -0.222. The standard InChI is InChI=1S/C52H89NO8/c1-3-5-7-9-11-13-15-17-19-21-22-23-24-26-28-30-32-34-36-38-40-42-48(56)53-45(44-60-52-51(59)50(58)49(57)47(43-54)61-52)46(55)41-39-37-35-33-31-29-27-25-20-18-16-14-12-10-8-6-4-2/h5,7,11,13,17,19,22-23,26,28,32,34,39,41,45-47,49-52,54-55,57-59H,3-4,6,8-10,12,14-16,18,20-21,24-25,27,29-31,33,35-38,40,42-44H2,1-2H3,(H,53,56)/b7-5-,13-11-,19-17-,23-22-,28-26-,34-32-,41-39+. The van der Waals surface area contributed by atoms with Gasteiger partial charge < -0.3 is 40.3 Å². The smallest absolute Gasteiger partial charge is 0.220 e. The molecule has 0 spiro atoms. The van der Waals surface area contributed by atoms with Crippen LogP contribution in [0.5, 0.6) is 0 Å². The van der Waals surface area contributed by atoms with E-state index in [-0.39, 0.29) is 18.9 Å². The molecule has 350 valence electrons. The molecule has 1 saturated heterocycles. The van der Waals surface area contributed by atoms with E-state index in [0.29, 0.717) is 6.42 Å². The highest BCUT2D eigenvalue weighted by molar-refractivity contribution is 5.76. The van der Waals surface area contributed by atoms with Crippen LogP contribution >= 0.6 is 0 Å². The zero-order valence-corrected chi connectivity index (χ0v) is 38.4. The fourth-order valence-electron chi connectivity index (χ4n) is 7.10. The highest BCUT2D eigenvalue weighted by Gasteiger charge is 2.44. The van der Waals surface area contributed by atoms with Gasteiger partial charge in [0.15, 0.2) is 6.29 Å². The molecule has 1 fully saturated rings. The summed E-state index contributed by atoms with van der Waals surface area (Å²) in [6, 6.07) is -0.833. The number of aliphatic hydroxyl groups excluding tert-OH is 5. The Bertz CT molecular complexity index is 1220. The number of hydrogen-bond donors (Lipinski definition) is 6. The Morgan fingerprint density at radius 1 is 0.574 bits per heavy atom. The lowest BCUT2D eigenvalue weighted by atomic mass is 9.99. The van der Waals surface area contributed by atoms with E-state index in [1.54, 1.807) is 6.08 Å². The molecular weight excluding hydrogens is 767 g/mol. The molecule has 9 nitrogen and oxygen atoms in total. The topological polar surface area (TPSA) is 149 Å². The summed E-state index contributed by atoms with van der Waals surface area (Å²) in [7, 11) is 0. The Morgan fingerprint density at radius 3 is 1.51 bits per heavy atom. The number of allylic oxidation sites excluding steroid dienone is 13. The van der Waals surface area contributed by atoms with Crippen molar-refractivity contribution in [3.63, 3.8) is 0 Å². The lowest BCUT2D eigenvalue weighted by molar-refractivity contribution is -0.302. The molecule has 6 N–H and O–H groups in total. The maximum absolute atomic E-state index is 13.0. The van der Waals surface area contributed by atoms with E-state index in [1.165, 1.54) is 83.5 Å². The fraction of sp³-hybridized carbons (Fsp3) is 0.712. The number of aliphatic hydroxyl groups is 5. The number of unbranched alkanes of at least 4 members (excludes halogenated alkanes) is 17. The summed E-state index contributed by atoms with van der Waals surface area (Å²) in [6.07, 6.45) is 50.5. The van der Waals surface area contributed by atoms with E-state index < -0.39 is 49.5 Å². The maximum Gasteiger partial charge on any atom is 0.220 e. The molecule has 7 atom stereocenters. The van der Waals surface area contributed by atoms with Crippen molar-refractivity contribution in [1.82, 2.24) is 5.32 Å². The Balaban J connectivity index is 2.39. The predicted molar refractivity (Wildman–Crippen MR) is 253 cm³/mol. The van der Waals surface area contributed by atoms with Gasteiger partial charge in [-0.1, -0.05) is 189 Å². The average molecular weight is 856 g/mol. The lowest BCUT2D eigenvalue weighted by Crippen LogP contribution is -2.60. The summed E-state index contributed by atoms with van der Waals surface area (Å²) < 4.78 is 11.2. The Labute approximate surface area is 371 Å². The first kappa shape index (κ1) is 56.4. The number of hydrogen-bond acceptors (Lipinski definition) is 8. The van der Waals surface area contributed by atoms with Crippen LogP contribution in [0.1, 0.15) is 181 Å². The van der Waals surface area contributed by atoms with E-state index in [1.807, 2.05) is 6.08 Å². The molecule has 0 bridgehead atoms. The number of carbonyl (C=O) groups excluding carboxylic acids is 1. The number of carbonyl (C=O) groups is 1. The molecule has 0 aromatic carbocycles. The minimum absolute atomic E-state index is 0.211. The van der Waals surface area contributed by atoms with Gasteiger partial charge in [0.2, 0.25) is 5.91 Å². The third-order valence-corrected chi connectivity index (χ3v) is 11.0. The largest absolute Gasteiger partial charge is 0.394 e. The molecule has 61 heavy (non-hydrogen) atoms. The number of rotatable bonds is 39. The number of amides is 1. The molecule has 9 heteroatoms. The molecule has 0 saturated carbocycles. The average Bonchev–Trinajstić information content (AvgIpc) is 3.26. The van der Waals surface area contributed by atoms with Gasteiger partial charge in [0.25, 0.3) is 0 Å². The van der Waals surface area contributed by atoms with Gasteiger partial charge in [0.1, 0.15) is 24.4 Å². The molecule has 0 aromatic rings. The normalized spacial score (nSPS) is 21.2. The van der Waals surface area contributed by atoms with Gasteiger partial charge in [-0.3, -0.25) is 4.79 Å². The van der Waals surface area contributed by atoms with E-state index in [2.05, 4.69) is 92.1 Å². The SMILES string of the molecule is CC/C=C\C/C=C\C/C=C\C/C=C\C/C=C\C/C=C\CCCCC(=O)NC(COC1OC(CO)C(O)C(O)C1O)C(O)/C=C/CCCCCCCCCCCCCCCCC. The van der Waals surface area contributed by atoms with Gasteiger partial charge in [-0.05, 0) is 70.6 Å². The molecule has 0 aliphatic carbocycles. The molecule has 7 unspecified atom stereocenters. The van der Waals surface area contributed by atoms with Gasteiger partial charge in [0, 0.05) is 6.42 Å². The van der Waals surface area contributed by atoms with Crippen LogP contribution in [0.2, 0.25) is 0 Å². The lowest BCUT2D eigenvalue weighted by Gasteiger charge is -2.40. The quantitative estimate of drug-likeness (QED) is 0.0264. The van der Waals surface area contributed by atoms with Crippen molar-refractivity contribution in [2.45, 2.75) is 224 Å². The van der Waals surface area contributed by atoms with Crippen LogP contribution in [0.15, 0.2) is 85.1 Å². The van der Waals surface area contributed by atoms with Crippen LogP contribution in [-0.4, -0.2) is 87.5 Å². The zero-order chi connectivity index (χ0) is 44.4. The predicted octanol–water partition coefficient (Wildman–Crippen LogP) is 10.7. The first-order valence-corrected chi connectivity index (χ1v) is 24.3. The van der Waals surface area contributed by atoms with Crippen LogP contribution in [0.25, 0.3) is 0 Å². The minimum Gasteiger partial charge on any atom is -0.394 e. The van der Waals surface area contributed by atoms with Crippen LogP contribution in [0.4, 0.5) is 0 Å². The molecule has 1 heterocycles. The zero-order valence-electron chi connectivity index (χ0n) is 38.4. The molecular formula is C52H89NO8. The van der Waals surface area contributed by atoms with E-state index in [0.717, 1.165) is 70.6 Å². The van der Waals surface area contributed by atoms with Gasteiger partial charge in [0.05, 0.1) is 25.4 Å². The van der Waals surface area contributed by atoms with Crippen molar-refractivity contribution in [3.05, 3.63) is 85.1 Å². The molecule has 1 rings (SSSR count). The first-order chi connectivity index (χ1) is 29.8. The highest BCUT2D eigenvalue weighted by atomic mass is 16.7. The van der Waals surface area contributed by atoms with E-state index in [4.69, 9.17) is 9.47 Å². The molecule has 1 aliphatic heterocycles. The first-order valence-electron chi connectivity index (χ1n) is 24.3. The number of nitrogens with one attached hydrogen (secondary N) is 1. The summed E-state index contributed by atoms with van der Waals surface area (Å²) in [5, 5.41) is 54.3. The number of ether oxygens (including phenoxy) is 2. The van der Waals surface area contributed by atoms with Crippen molar-refractivity contribution in [1.29, 1.82) is 0 Å². The Kier molecular flexibility index (Phi) is 38.3. The van der Waals surface area contributed by atoms with Crippen LogP contribution in [-0.2, 0) is 14.3 Å². The van der Waals surface area contributed by atoms with Crippen molar-refractivity contribution in [3.8, 4) is 0 Å². The molecule has 1 amide bonds. The second kappa shape index (κ2) is 41.4. The summed E-state index contributed by atoms with van der Waals surface area (Å²) >= 11 is 0. The highest BCUT2D eigenvalue weighted by Crippen LogP contribution is 2.22. The molecule has 0 radical (unpaired) electrons. The summed E-state index contributed by atoms with van der Waals surface area (Å²) in [4.78, 5) is 13.0. The summed E-state index contributed by atoms with van der Waals surface area (Å²) in [6.45, 7) is 3.62. The molecule has 1 aliphatic rings. The van der Waals surface area contributed by atoms with Gasteiger partial charge >= 0.3 is 0 Å². The van der Waals surface area contributed by atoms with E-state index >= 15 is 0 Å². The third kappa shape index (κ3) is 31.8. The third-order valence-electron chi connectivity index (χ3n) is 11.0. The second-order valence-corrected chi connectivity index (χ2v) is 16.5. The monoisotopic (exact) mass is 856 g/mol.